The molecule has 0 radical (unpaired) electrons. The van der Waals surface area contributed by atoms with E-state index in [1.807, 2.05) is 13.8 Å². The molecule has 0 aliphatic heterocycles. The van der Waals surface area contributed by atoms with Gasteiger partial charge in [-0.1, -0.05) is 0 Å². The maximum Gasteiger partial charge on any atom is 0.416 e. The van der Waals surface area contributed by atoms with E-state index >= 15 is 0 Å². The van der Waals surface area contributed by atoms with Crippen LogP contribution in [0.5, 0.6) is 0 Å². The van der Waals surface area contributed by atoms with E-state index in [0.29, 0.717) is 11.8 Å². The van der Waals surface area contributed by atoms with Crippen molar-refractivity contribution in [3.63, 3.8) is 0 Å². The molecule has 2 rings (SSSR count). The number of anilines is 1. The summed E-state index contributed by atoms with van der Waals surface area (Å²) in [6.45, 7) is 4.00. The van der Waals surface area contributed by atoms with Crippen LogP contribution in [0.3, 0.4) is 0 Å². The Morgan fingerprint density at radius 2 is 1.95 bits per heavy atom. The molecule has 1 N–H and O–H groups in total. The van der Waals surface area contributed by atoms with Crippen LogP contribution in [0.1, 0.15) is 31.0 Å². The van der Waals surface area contributed by atoms with Crippen molar-refractivity contribution < 1.29 is 17.6 Å². The first kappa shape index (κ1) is 15.3. The minimum atomic E-state index is -4.56. The van der Waals surface area contributed by atoms with Crippen LogP contribution in [-0.2, 0) is 12.7 Å². The van der Waals surface area contributed by atoms with Crippen molar-refractivity contribution >= 4 is 5.69 Å². The van der Waals surface area contributed by atoms with Crippen LogP contribution in [0.2, 0.25) is 0 Å². The van der Waals surface area contributed by atoms with Gasteiger partial charge in [0.15, 0.2) is 0 Å². The number of halogens is 4. The molecule has 0 aliphatic carbocycles. The average molecular weight is 301 g/mol. The molecule has 2 aromatic rings. The second-order valence-electron chi connectivity index (χ2n) is 5.00. The van der Waals surface area contributed by atoms with Gasteiger partial charge >= 0.3 is 6.18 Å². The molecule has 0 spiro atoms. The predicted molar refractivity (Wildman–Crippen MR) is 71.3 cm³/mol. The first-order valence-corrected chi connectivity index (χ1v) is 6.40. The van der Waals surface area contributed by atoms with Crippen LogP contribution in [0.4, 0.5) is 23.2 Å². The lowest BCUT2D eigenvalue weighted by molar-refractivity contribution is -0.137. The zero-order valence-corrected chi connectivity index (χ0v) is 11.6. The zero-order chi connectivity index (χ0) is 15.6. The molecular formula is C14H15F4N3. The number of aromatic nitrogens is 2. The normalized spacial score (nSPS) is 12.0. The third-order valence-corrected chi connectivity index (χ3v) is 2.91. The molecule has 0 fully saturated rings. The summed E-state index contributed by atoms with van der Waals surface area (Å²) in [5, 5.41) is 7.03. The third-order valence-electron chi connectivity index (χ3n) is 2.91. The summed E-state index contributed by atoms with van der Waals surface area (Å²) < 4.78 is 52.8. The number of hydrogen-bond donors (Lipinski definition) is 1. The molecule has 114 valence electrons. The monoisotopic (exact) mass is 301 g/mol. The highest BCUT2D eigenvalue weighted by molar-refractivity contribution is 5.40. The van der Waals surface area contributed by atoms with Gasteiger partial charge in [-0.2, -0.15) is 18.3 Å². The molecule has 0 atom stereocenters. The van der Waals surface area contributed by atoms with Crippen LogP contribution in [-0.4, -0.2) is 9.78 Å². The van der Waals surface area contributed by atoms with Gasteiger partial charge in [0.2, 0.25) is 0 Å². The molecule has 0 bridgehead atoms. The first-order chi connectivity index (χ1) is 9.75. The van der Waals surface area contributed by atoms with Gasteiger partial charge in [-0.3, -0.25) is 4.68 Å². The smallest absolute Gasteiger partial charge is 0.378 e. The number of nitrogens with zero attached hydrogens (tertiary/aromatic N) is 2. The van der Waals surface area contributed by atoms with E-state index < -0.39 is 17.6 Å². The van der Waals surface area contributed by atoms with Crippen molar-refractivity contribution in [2.75, 3.05) is 5.32 Å². The Balaban J connectivity index is 2.10. The highest BCUT2D eigenvalue weighted by Crippen LogP contribution is 2.30. The molecule has 1 aromatic carbocycles. The van der Waals surface area contributed by atoms with Crippen molar-refractivity contribution in [2.24, 2.45) is 0 Å². The number of benzene rings is 1. The topological polar surface area (TPSA) is 29.9 Å². The van der Waals surface area contributed by atoms with Crippen molar-refractivity contribution in [3.05, 3.63) is 47.5 Å². The second kappa shape index (κ2) is 5.75. The Morgan fingerprint density at radius 3 is 2.52 bits per heavy atom. The standard InChI is InChI=1S/C14H15F4N3/c1-9(2)21-8-13(7-20-21)19-6-10-3-11(14(16,17)18)5-12(15)4-10/h3-5,7-9,19H,6H2,1-2H3. The van der Waals surface area contributed by atoms with Gasteiger partial charge in [-0.05, 0) is 37.6 Å². The highest BCUT2D eigenvalue weighted by Gasteiger charge is 2.31. The van der Waals surface area contributed by atoms with Gasteiger partial charge in [-0.15, -0.1) is 0 Å². The molecule has 0 saturated carbocycles. The maximum atomic E-state index is 13.2. The number of rotatable bonds is 4. The summed E-state index contributed by atoms with van der Waals surface area (Å²) in [7, 11) is 0. The molecule has 7 heteroatoms. The fraction of sp³-hybridized carbons (Fsp3) is 0.357. The number of alkyl halides is 3. The van der Waals surface area contributed by atoms with Crippen LogP contribution in [0.15, 0.2) is 30.6 Å². The molecule has 0 amide bonds. The SMILES string of the molecule is CC(C)n1cc(NCc2cc(F)cc(C(F)(F)F)c2)cn1. The van der Waals surface area contributed by atoms with Gasteiger partial charge in [0, 0.05) is 18.8 Å². The molecule has 1 heterocycles. The van der Waals surface area contributed by atoms with Crippen molar-refractivity contribution in [1.82, 2.24) is 9.78 Å². The van der Waals surface area contributed by atoms with E-state index in [4.69, 9.17) is 0 Å². The summed E-state index contributed by atoms with van der Waals surface area (Å²) in [4.78, 5) is 0. The van der Waals surface area contributed by atoms with Gasteiger partial charge in [-0.25, -0.2) is 4.39 Å². The van der Waals surface area contributed by atoms with Gasteiger partial charge < -0.3 is 5.32 Å². The summed E-state index contributed by atoms with van der Waals surface area (Å²) >= 11 is 0. The molecule has 0 aliphatic rings. The fourth-order valence-electron chi connectivity index (χ4n) is 1.83. The van der Waals surface area contributed by atoms with Crippen molar-refractivity contribution in [2.45, 2.75) is 32.6 Å². The Hall–Kier alpha value is -2.05. The second-order valence-corrected chi connectivity index (χ2v) is 5.00. The van der Waals surface area contributed by atoms with E-state index in [0.717, 1.165) is 12.1 Å². The van der Waals surface area contributed by atoms with E-state index in [-0.39, 0.29) is 18.2 Å². The number of hydrogen-bond acceptors (Lipinski definition) is 2. The molecule has 0 unspecified atom stereocenters. The minimum Gasteiger partial charge on any atom is -0.378 e. The molecule has 21 heavy (non-hydrogen) atoms. The minimum absolute atomic E-state index is 0.0879. The summed E-state index contributed by atoms with van der Waals surface area (Å²) in [5.74, 6) is -0.903. The lowest BCUT2D eigenvalue weighted by Gasteiger charge is -2.10. The van der Waals surface area contributed by atoms with Crippen molar-refractivity contribution in [3.8, 4) is 0 Å². The average Bonchev–Trinajstić information content (AvgIpc) is 2.83. The molecule has 1 aromatic heterocycles. The molecular weight excluding hydrogens is 286 g/mol. The van der Waals surface area contributed by atoms with E-state index in [1.54, 1.807) is 17.1 Å². The Kier molecular flexibility index (Phi) is 4.20. The van der Waals surface area contributed by atoms with E-state index in [1.165, 1.54) is 0 Å². The van der Waals surface area contributed by atoms with E-state index in [2.05, 4.69) is 10.4 Å². The lowest BCUT2D eigenvalue weighted by Crippen LogP contribution is -2.08. The lowest BCUT2D eigenvalue weighted by atomic mass is 10.1. The molecule has 3 nitrogen and oxygen atoms in total. The Bertz CT molecular complexity index is 617. The van der Waals surface area contributed by atoms with E-state index in [9.17, 15) is 17.6 Å². The highest BCUT2D eigenvalue weighted by atomic mass is 19.4. The van der Waals surface area contributed by atoms with Crippen molar-refractivity contribution in [1.29, 1.82) is 0 Å². The predicted octanol–water partition coefficient (Wildman–Crippen LogP) is 4.23. The number of nitrogens with one attached hydrogen (secondary N) is 1. The summed E-state index contributed by atoms with van der Waals surface area (Å²) in [6.07, 6.45) is -1.24. The van der Waals surface area contributed by atoms with Gasteiger partial charge in [0.1, 0.15) is 5.82 Å². The quantitative estimate of drug-likeness (QED) is 0.856. The maximum absolute atomic E-state index is 13.2. The first-order valence-electron chi connectivity index (χ1n) is 6.40. The van der Waals surface area contributed by atoms with Crippen LogP contribution in [0.25, 0.3) is 0 Å². The Labute approximate surface area is 119 Å². The molecule has 0 saturated heterocycles. The van der Waals surface area contributed by atoms with Crippen LogP contribution < -0.4 is 5.32 Å². The largest absolute Gasteiger partial charge is 0.416 e. The summed E-state index contributed by atoms with van der Waals surface area (Å²) in [6, 6.07) is 2.68. The van der Waals surface area contributed by atoms with Gasteiger partial charge in [0.25, 0.3) is 0 Å². The third kappa shape index (κ3) is 3.96. The fourth-order valence-corrected chi connectivity index (χ4v) is 1.83. The van der Waals surface area contributed by atoms with Crippen LogP contribution in [0, 0.1) is 5.82 Å². The van der Waals surface area contributed by atoms with Gasteiger partial charge in [0.05, 0.1) is 17.4 Å². The Morgan fingerprint density at radius 1 is 1.24 bits per heavy atom. The van der Waals surface area contributed by atoms with Crippen LogP contribution >= 0.6 is 0 Å². The summed E-state index contributed by atoms with van der Waals surface area (Å²) in [5.41, 5.74) is -0.0988. The zero-order valence-electron chi connectivity index (χ0n) is 11.6.